The second-order valence-corrected chi connectivity index (χ2v) is 5.33. The van der Waals surface area contributed by atoms with E-state index in [1.54, 1.807) is 18.2 Å². The molecule has 1 N–H and O–H groups in total. The molecule has 2 atom stereocenters. The molecular formula is C14H20N2O2. The number of anilines is 1. The molecule has 0 aromatic heterocycles. The molecule has 0 heterocycles. The van der Waals surface area contributed by atoms with Crippen molar-refractivity contribution in [3.8, 4) is 0 Å². The fourth-order valence-corrected chi connectivity index (χ4v) is 2.90. The minimum Gasteiger partial charge on any atom is -0.376 e. The van der Waals surface area contributed by atoms with E-state index in [-0.39, 0.29) is 10.6 Å². The van der Waals surface area contributed by atoms with Crippen LogP contribution in [0.5, 0.6) is 0 Å². The van der Waals surface area contributed by atoms with Crippen LogP contribution in [0.15, 0.2) is 24.3 Å². The Balaban J connectivity index is 2.20. The first kappa shape index (κ1) is 12.9. The van der Waals surface area contributed by atoms with Crippen LogP contribution in [0.1, 0.15) is 33.1 Å². The summed E-state index contributed by atoms with van der Waals surface area (Å²) in [5.74, 6) is 1.13. The van der Waals surface area contributed by atoms with Gasteiger partial charge in [0.1, 0.15) is 5.69 Å². The van der Waals surface area contributed by atoms with Gasteiger partial charge in [-0.1, -0.05) is 32.4 Å². The number of hydrogen-bond acceptors (Lipinski definition) is 3. The van der Waals surface area contributed by atoms with E-state index < -0.39 is 0 Å². The van der Waals surface area contributed by atoms with Gasteiger partial charge in [0.2, 0.25) is 0 Å². The van der Waals surface area contributed by atoms with Crippen molar-refractivity contribution < 1.29 is 4.92 Å². The summed E-state index contributed by atoms with van der Waals surface area (Å²) in [5, 5.41) is 14.4. The van der Waals surface area contributed by atoms with E-state index in [1.165, 1.54) is 19.3 Å². The summed E-state index contributed by atoms with van der Waals surface area (Å²) < 4.78 is 0. The molecule has 98 valence electrons. The van der Waals surface area contributed by atoms with Gasteiger partial charge in [-0.25, -0.2) is 0 Å². The summed E-state index contributed by atoms with van der Waals surface area (Å²) in [7, 11) is 0. The summed E-state index contributed by atoms with van der Waals surface area (Å²) in [5.41, 5.74) is 0.815. The van der Waals surface area contributed by atoms with Crippen molar-refractivity contribution in [2.75, 3.05) is 5.32 Å². The van der Waals surface area contributed by atoms with Gasteiger partial charge >= 0.3 is 0 Å². The molecule has 4 heteroatoms. The van der Waals surface area contributed by atoms with Crippen molar-refractivity contribution in [2.45, 2.75) is 39.2 Å². The number of para-hydroxylation sites is 2. The molecular weight excluding hydrogens is 228 g/mol. The average Bonchev–Trinajstić information content (AvgIpc) is 2.34. The van der Waals surface area contributed by atoms with E-state index >= 15 is 0 Å². The first-order chi connectivity index (χ1) is 8.59. The SMILES string of the molecule is CC1CCCC(C)C1Nc1ccccc1[N+](=O)[O-]. The summed E-state index contributed by atoms with van der Waals surface area (Å²) >= 11 is 0. The fourth-order valence-electron chi connectivity index (χ4n) is 2.90. The predicted octanol–water partition coefficient (Wildman–Crippen LogP) is 3.83. The Kier molecular flexibility index (Phi) is 3.84. The quantitative estimate of drug-likeness (QED) is 0.653. The molecule has 18 heavy (non-hydrogen) atoms. The average molecular weight is 248 g/mol. The lowest BCUT2D eigenvalue weighted by Crippen LogP contribution is -2.37. The van der Waals surface area contributed by atoms with Gasteiger partial charge in [-0.2, -0.15) is 0 Å². The van der Waals surface area contributed by atoms with Crippen molar-refractivity contribution in [1.29, 1.82) is 0 Å². The van der Waals surface area contributed by atoms with Crippen LogP contribution in [0.25, 0.3) is 0 Å². The number of rotatable bonds is 3. The van der Waals surface area contributed by atoms with Gasteiger partial charge in [-0.3, -0.25) is 10.1 Å². The molecule has 1 aliphatic carbocycles. The van der Waals surface area contributed by atoms with E-state index in [9.17, 15) is 10.1 Å². The lowest BCUT2D eigenvalue weighted by atomic mass is 9.78. The van der Waals surface area contributed by atoms with E-state index in [0.29, 0.717) is 23.6 Å². The van der Waals surface area contributed by atoms with Crippen LogP contribution in [0, 0.1) is 22.0 Å². The highest BCUT2D eigenvalue weighted by molar-refractivity contribution is 5.61. The van der Waals surface area contributed by atoms with E-state index in [1.807, 2.05) is 6.07 Å². The van der Waals surface area contributed by atoms with Crippen LogP contribution in [0.3, 0.4) is 0 Å². The fraction of sp³-hybridized carbons (Fsp3) is 0.571. The molecule has 2 rings (SSSR count). The monoisotopic (exact) mass is 248 g/mol. The van der Waals surface area contributed by atoms with Crippen LogP contribution in [-0.2, 0) is 0 Å². The van der Waals surface area contributed by atoms with Gasteiger partial charge in [0, 0.05) is 12.1 Å². The summed E-state index contributed by atoms with van der Waals surface area (Å²) in [6.45, 7) is 4.45. The van der Waals surface area contributed by atoms with Gasteiger partial charge in [0.15, 0.2) is 0 Å². The summed E-state index contributed by atoms with van der Waals surface area (Å²) in [6, 6.07) is 7.23. The molecule has 1 fully saturated rings. The Hall–Kier alpha value is -1.58. The van der Waals surface area contributed by atoms with Gasteiger partial charge in [-0.15, -0.1) is 0 Å². The van der Waals surface area contributed by atoms with Crippen LogP contribution >= 0.6 is 0 Å². The molecule has 1 aromatic rings. The molecule has 1 saturated carbocycles. The molecule has 0 spiro atoms. The van der Waals surface area contributed by atoms with Crippen LogP contribution in [0.4, 0.5) is 11.4 Å². The highest BCUT2D eigenvalue weighted by Gasteiger charge is 2.29. The van der Waals surface area contributed by atoms with Gasteiger partial charge < -0.3 is 5.32 Å². The largest absolute Gasteiger partial charge is 0.376 e. The molecule has 0 bridgehead atoms. The summed E-state index contributed by atoms with van der Waals surface area (Å²) in [4.78, 5) is 10.7. The minimum atomic E-state index is -0.319. The zero-order valence-corrected chi connectivity index (χ0v) is 10.9. The maximum Gasteiger partial charge on any atom is 0.292 e. The van der Waals surface area contributed by atoms with Crippen molar-refractivity contribution in [2.24, 2.45) is 11.8 Å². The normalized spacial score (nSPS) is 27.8. The van der Waals surface area contributed by atoms with Crippen molar-refractivity contribution in [1.82, 2.24) is 0 Å². The number of nitro benzene ring substituents is 1. The lowest BCUT2D eigenvalue weighted by molar-refractivity contribution is -0.384. The second kappa shape index (κ2) is 5.38. The van der Waals surface area contributed by atoms with Gasteiger partial charge in [0.05, 0.1) is 4.92 Å². The standard InChI is InChI=1S/C14H20N2O2/c1-10-6-5-7-11(2)14(10)15-12-8-3-4-9-13(12)16(17)18/h3-4,8-11,14-15H,5-7H2,1-2H3. The highest BCUT2D eigenvalue weighted by Crippen LogP contribution is 2.33. The highest BCUT2D eigenvalue weighted by atomic mass is 16.6. The number of nitrogens with zero attached hydrogens (tertiary/aromatic N) is 1. The molecule has 0 amide bonds. The van der Waals surface area contributed by atoms with E-state index in [4.69, 9.17) is 0 Å². The maximum absolute atomic E-state index is 11.0. The number of hydrogen-bond donors (Lipinski definition) is 1. The third-order valence-corrected chi connectivity index (χ3v) is 3.97. The Morgan fingerprint density at radius 1 is 1.22 bits per heavy atom. The Morgan fingerprint density at radius 3 is 2.44 bits per heavy atom. The Labute approximate surface area is 108 Å². The molecule has 4 nitrogen and oxygen atoms in total. The molecule has 0 aliphatic heterocycles. The van der Waals surface area contributed by atoms with Crippen LogP contribution in [-0.4, -0.2) is 11.0 Å². The number of nitro groups is 1. The van der Waals surface area contributed by atoms with Crippen molar-refractivity contribution >= 4 is 11.4 Å². The third kappa shape index (κ3) is 2.63. The maximum atomic E-state index is 11.0. The third-order valence-electron chi connectivity index (χ3n) is 3.97. The zero-order valence-electron chi connectivity index (χ0n) is 10.9. The number of nitrogens with one attached hydrogen (secondary N) is 1. The first-order valence-electron chi connectivity index (χ1n) is 6.59. The zero-order chi connectivity index (χ0) is 13.1. The molecule has 2 unspecified atom stereocenters. The molecule has 0 radical (unpaired) electrons. The van der Waals surface area contributed by atoms with Gasteiger partial charge in [-0.05, 0) is 30.7 Å². The van der Waals surface area contributed by atoms with Crippen molar-refractivity contribution in [3.63, 3.8) is 0 Å². The summed E-state index contributed by atoms with van der Waals surface area (Å²) in [6.07, 6.45) is 3.66. The number of benzene rings is 1. The van der Waals surface area contributed by atoms with Crippen molar-refractivity contribution in [3.05, 3.63) is 34.4 Å². The first-order valence-corrected chi connectivity index (χ1v) is 6.59. The second-order valence-electron chi connectivity index (χ2n) is 5.33. The molecule has 1 aliphatic rings. The van der Waals surface area contributed by atoms with Gasteiger partial charge in [0.25, 0.3) is 5.69 Å². The van der Waals surface area contributed by atoms with E-state index in [0.717, 1.165) is 0 Å². The van der Waals surface area contributed by atoms with E-state index in [2.05, 4.69) is 19.2 Å². The Bertz CT molecular complexity index is 424. The Morgan fingerprint density at radius 2 is 1.83 bits per heavy atom. The molecule has 0 saturated heterocycles. The van der Waals surface area contributed by atoms with Crippen LogP contribution in [0.2, 0.25) is 0 Å². The minimum absolute atomic E-state index is 0.169. The van der Waals surface area contributed by atoms with Crippen LogP contribution < -0.4 is 5.32 Å². The topological polar surface area (TPSA) is 55.2 Å². The lowest BCUT2D eigenvalue weighted by Gasteiger charge is -2.35. The predicted molar refractivity (Wildman–Crippen MR) is 72.7 cm³/mol. The molecule has 1 aromatic carbocycles. The smallest absolute Gasteiger partial charge is 0.292 e.